The van der Waals surface area contributed by atoms with Crippen molar-refractivity contribution in [2.75, 3.05) is 0 Å². The maximum absolute atomic E-state index is 10.2. The monoisotopic (exact) mass is 671 g/mol. The third kappa shape index (κ3) is 39.4. The number of aliphatic hydroxyl groups is 3. The highest BCUT2D eigenvalue weighted by Gasteiger charge is 1.99. The van der Waals surface area contributed by atoms with Crippen LogP contribution < -0.4 is 0 Å². The molecule has 272 valence electrons. The zero-order valence-corrected chi connectivity index (χ0v) is 30.9. The fraction of sp³-hybridized carbons (Fsp3) is 0.652. The minimum absolute atomic E-state index is 0.388. The molecule has 49 heavy (non-hydrogen) atoms. The molecule has 0 aliphatic rings. The average Bonchev–Trinajstić information content (AvgIpc) is 3.10. The Morgan fingerprint density at radius 1 is 0.449 bits per heavy atom. The number of unbranched alkanes of at least 4 members (excludes halogenated alkanes) is 22. The maximum atomic E-state index is 10.2. The zero-order chi connectivity index (χ0) is 35.7. The molecule has 0 fully saturated rings. The van der Waals surface area contributed by atoms with Gasteiger partial charge in [-0.1, -0.05) is 149 Å². The van der Waals surface area contributed by atoms with E-state index in [0.29, 0.717) is 6.42 Å². The molecule has 0 unspecified atom stereocenters. The van der Waals surface area contributed by atoms with Gasteiger partial charge in [0.1, 0.15) is 6.10 Å². The molecule has 0 aliphatic heterocycles. The number of aliphatic hydroxyl groups excluding tert-OH is 3. The molecule has 0 saturated carbocycles. The SMILES string of the molecule is C#C/C=C\CCCCCCCCCCCCCC/C=C\CCC/C=C/[C@@H](O)CCCCC#C[C@H](O)C#CCCCCCC/C=C/[C@H](O)C#C. The van der Waals surface area contributed by atoms with Gasteiger partial charge in [0.05, 0.1) is 6.10 Å². The molecule has 0 bridgehead atoms. The summed E-state index contributed by atoms with van der Waals surface area (Å²) in [6.45, 7) is 0. The van der Waals surface area contributed by atoms with Crippen molar-refractivity contribution in [2.45, 2.75) is 192 Å². The summed E-state index contributed by atoms with van der Waals surface area (Å²) in [5.41, 5.74) is 0. The fourth-order valence-electron chi connectivity index (χ4n) is 5.43. The van der Waals surface area contributed by atoms with Crippen LogP contribution in [0.4, 0.5) is 0 Å². The minimum Gasteiger partial charge on any atom is -0.389 e. The summed E-state index contributed by atoms with van der Waals surface area (Å²) in [6, 6.07) is 0. The molecule has 3 atom stereocenters. The van der Waals surface area contributed by atoms with Crippen LogP contribution in [-0.2, 0) is 0 Å². The first-order valence-electron chi connectivity index (χ1n) is 19.7. The summed E-state index contributed by atoms with van der Waals surface area (Å²) in [7, 11) is 0. The van der Waals surface area contributed by atoms with E-state index in [1.165, 1.54) is 83.5 Å². The van der Waals surface area contributed by atoms with E-state index in [-0.39, 0.29) is 6.10 Å². The summed E-state index contributed by atoms with van der Waals surface area (Å²) >= 11 is 0. The van der Waals surface area contributed by atoms with E-state index in [1.807, 2.05) is 18.2 Å². The van der Waals surface area contributed by atoms with Gasteiger partial charge in [0.2, 0.25) is 0 Å². The second-order valence-electron chi connectivity index (χ2n) is 13.1. The Morgan fingerprint density at radius 2 is 0.878 bits per heavy atom. The van der Waals surface area contributed by atoms with Crippen molar-refractivity contribution in [1.82, 2.24) is 0 Å². The second-order valence-corrected chi connectivity index (χ2v) is 13.1. The fourth-order valence-corrected chi connectivity index (χ4v) is 5.43. The van der Waals surface area contributed by atoms with Gasteiger partial charge in [0.15, 0.2) is 6.10 Å². The van der Waals surface area contributed by atoms with Crippen molar-refractivity contribution in [1.29, 1.82) is 0 Å². The van der Waals surface area contributed by atoms with E-state index in [9.17, 15) is 15.3 Å². The van der Waals surface area contributed by atoms with Gasteiger partial charge in [0, 0.05) is 12.8 Å². The van der Waals surface area contributed by atoms with Crippen LogP contribution >= 0.6 is 0 Å². The summed E-state index contributed by atoms with van der Waals surface area (Å²) in [4.78, 5) is 0. The normalized spacial score (nSPS) is 13.2. The van der Waals surface area contributed by atoms with Crippen molar-refractivity contribution in [3.05, 3.63) is 48.6 Å². The van der Waals surface area contributed by atoms with Crippen LogP contribution in [0.5, 0.6) is 0 Å². The first-order chi connectivity index (χ1) is 24.1. The Labute approximate surface area is 303 Å². The van der Waals surface area contributed by atoms with Gasteiger partial charge in [-0.15, -0.1) is 12.8 Å². The third-order valence-corrected chi connectivity index (χ3v) is 8.41. The first kappa shape index (κ1) is 46.1. The van der Waals surface area contributed by atoms with Gasteiger partial charge in [0.25, 0.3) is 0 Å². The van der Waals surface area contributed by atoms with Crippen LogP contribution in [0.15, 0.2) is 48.6 Å². The molecule has 0 aromatic carbocycles. The van der Waals surface area contributed by atoms with E-state index in [0.717, 1.165) is 83.5 Å². The summed E-state index contributed by atoms with van der Waals surface area (Å²) in [6.07, 6.45) is 55.7. The quantitative estimate of drug-likeness (QED) is 0.0391. The van der Waals surface area contributed by atoms with Crippen LogP contribution in [0.1, 0.15) is 173 Å². The molecule has 0 radical (unpaired) electrons. The van der Waals surface area contributed by atoms with Crippen molar-refractivity contribution < 1.29 is 15.3 Å². The van der Waals surface area contributed by atoms with Crippen LogP contribution in [-0.4, -0.2) is 33.6 Å². The smallest absolute Gasteiger partial charge is 0.176 e. The van der Waals surface area contributed by atoms with Gasteiger partial charge >= 0.3 is 0 Å². The molecule has 0 aliphatic carbocycles. The Balaban J connectivity index is 3.52. The molecule has 3 nitrogen and oxygen atoms in total. The molecule has 0 aromatic rings. The molecule has 3 N–H and O–H groups in total. The topological polar surface area (TPSA) is 60.7 Å². The molecular formula is C46H70O3. The highest BCUT2D eigenvalue weighted by Crippen LogP contribution is 2.14. The number of allylic oxidation sites excluding steroid dienone is 6. The Hall–Kier alpha value is -2.92. The number of terminal acetylenes is 2. The summed E-state index contributed by atoms with van der Waals surface area (Å²) in [5.74, 6) is 16.5. The van der Waals surface area contributed by atoms with Gasteiger partial charge in [-0.3, -0.25) is 0 Å². The molecule has 0 heterocycles. The third-order valence-electron chi connectivity index (χ3n) is 8.41. The molecule has 3 heteroatoms. The predicted octanol–water partition coefficient (Wildman–Crippen LogP) is 11.1. The number of hydrogen-bond donors (Lipinski definition) is 3. The molecule has 0 aromatic heterocycles. The zero-order valence-electron chi connectivity index (χ0n) is 30.9. The standard InChI is InChI=1S/C46H70O3/c1-3-5-6-7-8-9-10-11-12-13-14-15-16-17-18-19-20-21-22-23-27-30-35-40-45(48)42-37-32-33-38-43-46(49)41-36-31-28-25-24-26-29-34-39-44(47)4-2/h1-2,5-6,21-22,34-35,39-40,44-49H,7-20,23-33,37,42H2/b6-5-,22-21-,39-34+,40-35+/t44-,45-,46-/m1/s1. The maximum Gasteiger partial charge on any atom is 0.176 e. The lowest BCUT2D eigenvalue weighted by molar-refractivity contribution is 0.208. The average molecular weight is 671 g/mol. The molecule has 0 saturated heterocycles. The van der Waals surface area contributed by atoms with E-state index in [1.54, 1.807) is 6.08 Å². The Morgan fingerprint density at radius 3 is 1.43 bits per heavy atom. The van der Waals surface area contributed by atoms with Gasteiger partial charge in [-0.05, 0) is 95.6 Å². The van der Waals surface area contributed by atoms with Gasteiger partial charge in [-0.2, -0.15) is 0 Å². The molecule has 0 amide bonds. The van der Waals surface area contributed by atoms with Crippen LogP contribution in [0.25, 0.3) is 0 Å². The highest BCUT2D eigenvalue weighted by molar-refractivity contribution is 5.19. The van der Waals surface area contributed by atoms with Crippen molar-refractivity contribution >= 4 is 0 Å². The Bertz CT molecular complexity index is 1060. The lowest BCUT2D eigenvalue weighted by Crippen LogP contribution is -2.01. The Kier molecular flexibility index (Phi) is 37.2. The highest BCUT2D eigenvalue weighted by atomic mass is 16.3. The van der Waals surface area contributed by atoms with Crippen molar-refractivity contribution in [2.24, 2.45) is 0 Å². The van der Waals surface area contributed by atoms with Crippen LogP contribution in [0.3, 0.4) is 0 Å². The summed E-state index contributed by atoms with van der Waals surface area (Å²) < 4.78 is 0. The molecule has 0 spiro atoms. The van der Waals surface area contributed by atoms with E-state index < -0.39 is 12.2 Å². The number of rotatable bonds is 31. The van der Waals surface area contributed by atoms with E-state index in [2.05, 4.69) is 59.8 Å². The first-order valence-corrected chi connectivity index (χ1v) is 19.7. The predicted molar refractivity (Wildman–Crippen MR) is 212 cm³/mol. The van der Waals surface area contributed by atoms with Crippen molar-refractivity contribution in [3.8, 4) is 48.4 Å². The molecule has 0 rings (SSSR count). The van der Waals surface area contributed by atoms with Crippen LogP contribution in [0.2, 0.25) is 0 Å². The van der Waals surface area contributed by atoms with Gasteiger partial charge < -0.3 is 15.3 Å². The van der Waals surface area contributed by atoms with Crippen LogP contribution in [0, 0.1) is 48.4 Å². The lowest BCUT2D eigenvalue weighted by atomic mass is 10.0. The lowest BCUT2D eigenvalue weighted by Gasteiger charge is -2.03. The minimum atomic E-state index is -0.884. The summed E-state index contributed by atoms with van der Waals surface area (Å²) in [5, 5.41) is 29.3. The largest absolute Gasteiger partial charge is 0.389 e. The van der Waals surface area contributed by atoms with Crippen molar-refractivity contribution in [3.63, 3.8) is 0 Å². The second kappa shape index (κ2) is 39.5. The van der Waals surface area contributed by atoms with E-state index >= 15 is 0 Å². The van der Waals surface area contributed by atoms with E-state index in [4.69, 9.17) is 12.8 Å². The molecular weight excluding hydrogens is 601 g/mol. The number of hydrogen-bond acceptors (Lipinski definition) is 3. The van der Waals surface area contributed by atoms with Gasteiger partial charge in [-0.25, -0.2) is 0 Å².